The Bertz CT molecular complexity index is 738. The van der Waals surface area contributed by atoms with Crippen LogP contribution in [-0.4, -0.2) is 39.8 Å². The Balaban J connectivity index is 0.00000392. The topological polar surface area (TPSA) is 66.9 Å². The van der Waals surface area contributed by atoms with Crippen molar-refractivity contribution in [1.29, 1.82) is 0 Å². The first-order valence-corrected chi connectivity index (χ1v) is 9.08. The highest BCUT2D eigenvalue weighted by atomic mass is 127. The van der Waals surface area contributed by atoms with Gasteiger partial charge in [0.15, 0.2) is 17.5 Å². The molecule has 0 radical (unpaired) electrons. The van der Waals surface area contributed by atoms with Gasteiger partial charge in [-0.2, -0.15) is 0 Å². The van der Waals surface area contributed by atoms with Crippen molar-refractivity contribution in [2.45, 2.75) is 19.9 Å². The molecule has 3 N–H and O–H groups in total. The molecule has 0 saturated carbocycles. The first kappa shape index (κ1) is 23.9. The summed E-state index contributed by atoms with van der Waals surface area (Å²) >= 11 is 0. The molecule has 0 aromatic heterocycles. The van der Waals surface area contributed by atoms with E-state index in [0.717, 1.165) is 17.9 Å². The molecule has 0 aliphatic heterocycles. The molecule has 0 bridgehead atoms. The molecule has 1 unspecified atom stereocenters. The summed E-state index contributed by atoms with van der Waals surface area (Å²) in [5, 5.41) is 10.3. The van der Waals surface area contributed by atoms with Gasteiger partial charge in [0, 0.05) is 37.1 Å². The molecule has 0 spiro atoms. The van der Waals surface area contributed by atoms with Crippen LogP contribution in [0.1, 0.15) is 13.8 Å². The number of halogens is 1. The van der Waals surface area contributed by atoms with Crippen LogP contribution in [0.2, 0.25) is 0 Å². The number of methoxy groups -OCH3 is 2. The van der Waals surface area contributed by atoms with E-state index in [4.69, 9.17) is 9.47 Å². The molecule has 6 nitrogen and oxygen atoms in total. The van der Waals surface area contributed by atoms with Crippen LogP contribution in [0, 0.1) is 5.92 Å². The van der Waals surface area contributed by atoms with Gasteiger partial charge in [-0.05, 0) is 30.2 Å². The maximum atomic E-state index is 5.35. The summed E-state index contributed by atoms with van der Waals surface area (Å²) < 4.78 is 10.6. The minimum absolute atomic E-state index is 0. The number of anilines is 2. The van der Waals surface area contributed by atoms with Gasteiger partial charge in [0.1, 0.15) is 0 Å². The molecule has 0 aliphatic carbocycles. The molecule has 28 heavy (non-hydrogen) atoms. The van der Waals surface area contributed by atoms with Crippen molar-refractivity contribution in [2.75, 3.05) is 38.4 Å². The van der Waals surface area contributed by atoms with Gasteiger partial charge in [-0.15, -0.1) is 24.0 Å². The van der Waals surface area contributed by atoms with Crippen LogP contribution < -0.4 is 25.4 Å². The Morgan fingerprint density at radius 1 is 0.964 bits per heavy atom. The summed E-state index contributed by atoms with van der Waals surface area (Å²) in [6.45, 7) is 5.14. The van der Waals surface area contributed by atoms with E-state index in [0.29, 0.717) is 23.4 Å². The molecule has 2 rings (SSSR count). The standard InChI is InChI=1S/C21H30N4O2.HI/c1-15(2)18(24-16-9-7-6-8-10-16)14-23-21(22-3)25-17-11-12-19(26-4)20(13-17)27-5;/h6-13,15,18,24H,14H2,1-5H3,(H2,22,23,25);1H. The Morgan fingerprint density at radius 2 is 1.64 bits per heavy atom. The number of nitrogens with zero attached hydrogens (tertiary/aromatic N) is 1. The molecule has 7 heteroatoms. The van der Waals surface area contributed by atoms with Crippen LogP contribution in [0.15, 0.2) is 53.5 Å². The van der Waals surface area contributed by atoms with Crippen molar-refractivity contribution in [2.24, 2.45) is 10.9 Å². The minimum Gasteiger partial charge on any atom is -0.493 e. The minimum atomic E-state index is 0. The van der Waals surface area contributed by atoms with E-state index in [1.807, 2.05) is 36.4 Å². The Kier molecular flexibility index (Phi) is 10.5. The maximum Gasteiger partial charge on any atom is 0.195 e. The second kappa shape index (κ2) is 12.3. The van der Waals surface area contributed by atoms with Crippen LogP contribution >= 0.6 is 24.0 Å². The summed E-state index contributed by atoms with van der Waals surface area (Å²) in [5.41, 5.74) is 1.98. The summed E-state index contributed by atoms with van der Waals surface area (Å²) in [5.74, 6) is 2.52. The van der Waals surface area contributed by atoms with Crippen molar-refractivity contribution in [1.82, 2.24) is 5.32 Å². The molecule has 154 valence electrons. The number of para-hydroxylation sites is 1. The smallest absolute Gasteiger partial charge is 0.195 e. The van der Waals surface area contributed by atoms with Crippen molar-refractivity contribution in [3.05, 3.63) is 48.5 Å². The number of rotatable bonds is 8. The van der Waals surface area contributed by atoms with E-state index in [1.165, 1.54) is 0 Å². The van der Waals surface area contributed by atoms with E-state index < -0.39 is 0 Å². The van der Waals surface area contributed by atoms with Crippen molar-refractivity contribution in [3.8, 4) is 11.5 Å². The molecule has 0 amide bonds. The van der Waals surface area contributed by atoms with Crippen molar-refractivity contribution >= 4 is 41.3 Å². The number of hydrogen-bond acceptors (Lipinski definition) is 4. The lowest BCUT2D eigenvalue weighted by atomic mass is 10.0. The average Bonchev–Trinajstić information content (AvgIpc) is 2.70. The fraction of sp³-hybridized carbons (Fsp3) is 0.381. The van der Waals surface area contributed by atoms with Gasteiger partial charge in [-0.1, -0.05) is 32.0 Å². The van der Waals surface area contributed by atoms with Crippen LogP contribution in [-0.2, 0) is 0 Å². The molecule has 0 heterocycles. The highest BCUT2D eigenvalue weighted by molar-refractivity contribution is 14.0. The lowest BCUT2D eigenvalue weighted by molar-refractivity contribution is 0.355. The van der Waals surface area contributed by atoms with Gasteiger partial charge < -0.3 is 25.4 Å². The number of aliphatic imine (C=N–C) groups is 1. The maximum absolute atomic E-state index is 5.35. The van der Waals surface area contributed by atoms with Gasteiger partial charge in [-0.25, -0.2) is 0 Å². The first-order valence-electron chi connectivity index (χ1n) is 9.08. The lowest BCUT2D eigenvalue weighted by Gasteiger charge is -2.25. The highest BCUT2D eigenvalue weighted by Crippen LogP contribution is 2.29. The molecular weight excluding hydrogens is 467 g/mol. The third-order valence-corrected chi connectivity index (χ3v) is 4.29. The predicted molar refractivity (Wildman–Crippen MR) is 129 cm³/mol. The van der Waals surface area contributed by atoms with E-state index in [1.54, 1.807) is 21.3 Å². The van der Waals surface area contributed by atoms with Crippen molar-refractivity contribution in [3.63, 3.8) is 0 Å². The molecule has 2 aromatic carbocycles. The third kappa shape index (κ3) is 7.10. The van der Waals surface area contributed by atoms with Gasteiger partial charge in [0.05, 0.1) is 14.2 Å². The summed E-state index contributed by atoms with van der Waals surface area (Å²) in [6.07, 6.45) is 0. The molecular formula is C21H31IN4O2. The third-order valence-electron chi connectivity index (χ3n) is 4.29. The summed E-state index contributed by atoms with van der Waals surface area (Å²) in [4.78, 5) is 4.31. The number of ether oxygens (including phenoxy) is 2. The second-order valence-corrected chi connectivity index (χ2v) is 6.51. The highest BCUT2D eigenvalue weighted by Gasteiger charge is 2.14. The largest absolute Gasteiger partial charge is 0.493 e. The van der Waals surface area contributed by atoms with E-state index in [-0.39, 0.29) is 30.0 Å². The fourth-order valence-electron chi connectivity index (χ4n) is 2.64. The van der Waals surface area contributed by atoms with Crippen LogP contribution in [0.25, 0.3) is 0 Å². The van der Waals surface area contributed by atoms with Gasteiger partial charge in [0.2, 0.25) is 0 Å². The van der Waals surface area contributed by atoms with Gasteiger partial charge in [0.25, 0.3) is 0 Å². The van der Waals surface area contributed by atoms with Gasteiger partial charge in [-0.3, -0.25) is 4.99 Å². The monoisotopic (exact) mass is 498 g/mol. The predicted octanol–water partition coefficient (Wildman–Crippen LogP) is 4.45. The zero-order valence-corrected chi connectivity index (χ0v) is 19.5. The molecule has 1 atom stereocenters. The number of benzene rings is 2. The van der Waals surface area contributed by atoms with E-state index in [9.17, 15) is 0 Å². The summed E-state index contributed by atoms with van der Waals surface area (Å²) in [6, 6.07) is 16.2. The Morgan fingerprint density at radius 3 is 2.21 bits per heavy atom. The van der Waals surface area contributed by atoms with E-state index >= 15 is 0 Å². The van der Waals surface area contributed by atoms with E-state index in [2.05, 4.69) is 46.9 Å². The Hall–Kier alpha value is -2.16. The first-order chi connectivity index (χ1) is 13.1. The number of hydrogen-bond donors (Lipinski definition) is 3. The van der Waals surface area contributed by atoms with Crippen LogP contribution in [0.5, 0.6) is 11.5 Å². The zero-order valence-electron chi connectivity index (χ0n) is 17.2. The van der Waals surface area contributed by atoms with Gasteiger partial charge >= 0.3 is 0 Å². The van der Waals surface area contributed by atoms with Crippen molar-refractivity contribution < 1.29 is 9.47 Å². The fourth-order valence-corrected chi connectivity index (χ4v) is 2.64. The Labute approximate surface area is 185 Å². The van der Waals surface area contributed by atoms with Crippen LogP contribution in [0.4, 0.5) is 11.4 Å². The normalized spacial score (nSPS) is 12.0. The zero-order chi connectivity index (χ0) is 19.6. The number of guanidine groups is 1. The van der Waals surface area contributed by atoms with Crippen LogP contribution in [0.3, 0.4) is 0 Å². The second-order valence-electron chi connectivity index (χ2n) is 6.51. The molecule has 2 aromatic rings. The lowest BCUT2D eigenvalue weighted by Crippen LogP contribution is -2.42. The SMILES string of the molecule is CN=C(NCC(Nc1ccccc1)C(C)C)Nc1ccc(OC)c(OC)c1.I. The molecule has 0 aliphatic rings. The molecule has 0 fully saturated rings. The quantitative estimate of drug-likeness (QED) is 0.285. The molecule has 0 saturated heterocycles. The number of nitrogens with one attached hydrogen (secondary N) is 3. The summed E-state index contributed by atoms with van der Waals surface area (Å²) in [7, 11) is 5.00. The average molecular weight is 498 g/mol.